The molecule has 0 saturated carbocycles. The summed E-state index contributed by atoms with van der Waals surface area (Å²) in [7, 11) is 2.17. The molecule has 12 heavy (non-hydrogen) atoms. The first kappa shape index (κ1) is 9.79. The van der Waals surface area contributed by atoms with Gasteiger partial charge in [-0.15, -0.1) is 0 Å². The molecule has 0 heterocycles. The van der Waals surface area contributed by atoms with Gasteiger partial charge in [0.1, 0.15) is 0 Å². The van der Waals surface area contributed by atoms with E-state index in [-0.39, 0.29) is 0 Å². The summed E-state index contributed by atoms with van der Waals surface area (Å²) < 4.78 is 0. The van der Waals surface area contributed by atoms with Crippen molar-refractivity contribution < 1.29 is 5.32 Å². The van der Waals surface area contributed by atoms with Crippen LogP contribution in [0.4, 0.5) is 0 Å². The van der Waals surface area contributed by atoms with Gasteiger partial charge in [-0.1, -0.05) is 25.5 Å². The number of rotatable bonds is 2. The fourth-order valence-electron chi connectivity index (χ4n) is 2.54. The van der Waals surface area contributed by atoms with Crippen LogP contribution in [-0.2, 0) is 0 Å². The average Bonchev–Trinajstić information content (AvgIpc) is 1.96. The standard InChI is InChI=1S/C11H21N/c1-8-5-9(2)11(7-12-4)10(3)6-8/h5,9-12H,6-7H2,1-4H3/p+1/t9-,10+,11-/m0/s1. The summed E-state index contributed by atoms with van der Waals surface area (Å²) in [5, 5.41) is 2.31. The molecule has 0 spiro atoms. The molecule has 3 atom stereocenters. The third-order valence-corrected chi connectivity index (χ3v) is 3.11. The highest BCUT2D eigenvalue weighted by molar-refractivity contribution is 5.07. The molecule has 0 aromatic rings. The van der Waals surface area contributed by atoms with Crippen molar-refractivity contribution in [3.8, 4) is 0 Å². The van der Waals surface area contributed by atoms with Crippen LogP contribution in [0.15, 0.2) is 11.6 Å². The van der Waals surface area contributed by atoms with Gasteiger partial charge in [0, 0.05) is 5.92 Å². The fourth-order valence-corrected chi connectivity index (χ4v) is 2.54. The Morgan fingerprint density at radius 1 is 1.50 bits per heavy atom. The predicted octanol–water partition coefficient (Wildman–Crippen LogP) is 1.42. The van der Waals surface area contributed by atoms with Gasteiger partial charge >= 0.3 is 0 Å². The van der Waals surface area contributed by atoms with Gasteiger partial charge in [-0.05, 0) is 25.2 Å². The molecule has 0 aromatic heterocycles. The third kappa shape index (κ3) is 2.10. The van der Waals surface area contributed by atoms with Crippen LogP contribution in [0.5, 0.6) is 0 Å². The van der Waals surface area contributed by atoms with E-state index in [0.29, 0.717) is 0 Å². The van der Waals surface area contributed by atoms with Crippen LogP contribution in [0.25, 0.3) is 0 Å². The molecule has 1 nitrogen and oxygen atoms in total. The normalized spacial score (nSPS) is 36.3. The molecule has 70 valence electrons. The lowest BCUT2D eigenvalue weighted by Crippen LogP contribution is -2.82. The fraction of sp³-hybridized carbons (Fsp3) is 0.818. The highest BCUT2D eigenvalue weighted by atomic mass is 14.8. The first-order valence-electron chi connectivity index (χ1n) is 5.10. The van der Waals surface area contributed by atoms with Crippen LogP contribution < -0.4 is 5.32 Å². The molecule has 0 radical (unpaired) electrons. The van der Waals surface area contributed by atoms with Crippen molar-refractivity contribution >= 4 is 0 Å². The summed E-state index contributed by atoms with van der Waals surface area (Å²) in [5.41, 5.74) is 1.59. The van der Waals surface area contributed by atoms with Crippen LogP contribution in [-0.4, -0.2) is 13.6 Å². The zero-order chi connectivity index (χ0) is 9.14. The number of quaternary nitrogens is 1. The second-order valence-corrected chi connectivity index (χ2v) is 4.36. The van der Waals surface area contributed by atoms with Gasteiger partial charge in [0.05, 0.1) is 13.6 Å². The van der Waals surface area contributed by atoms with Crippen LogP contribution in [0, 0.1) is 17.8 Å². The van der Waals surface area contributed by atoms with E-state index in [1.54, 1.807) is 5.57 Å². The van der Waals surface area contributed by atoms with Crippen molar-refractivity contribution in [2.45, 2.75) is 27.2 Å². The van der Waals surface area contributed by atoms with Crippen LogP contribution in [0.2, 0.25) is 0 Å². The summed E-state index contributed by atoms with van der Waals surface area (Å²) in [6, 6.07) is 0. The van der Waals surface area contributed by atoms with Crippen molar-refractivity contribution in [1.82, 2.24) is 0 Å². The van der Waals surface area contributed by atoms with Crippen molar-refractivity contribution in [3.63, 3.8) is 0 Å². The van der Waals surface area contributed by atoms with Crippen molar-refractivity contribution in [1.29, 1.82) is 0 Å². The van der Waals surface area contributed by atoms with E-state index in [1.165, 1.54) is 13.0 Å². The predicted molar refractivity (Wildman–Crippen MR) is 52.9 cm³/mol. The van der Waals surface area contributed by atoms with Gasteiger partial charge in [0.25, 0.3) is 0 Å². The minimum absolute atomic E-state index is 0.782. The summed E-state index contributed by atoms with van der Waals surface area (Å²) in [6.07, 6.45) is 3.76. The Labute approximate surface area is 76.2 Å². The maximum Gasteiger partial charge on any atom is 0.0790 e. The molecule has 1 aliphatic carbocycles. The zero-order valence-corrected chi connectivity index (χ0v) is 8.80. The lowest BCUT2D eigenvalue weighted by atomic mass is 9.75. The van der Waals surface area contributed by atoms with Gasteiger partial charge < -0.3 is 5.32 Å². The molecule has 2 N–H and O–H groups in total. The number of nitrogens with two attached hydrogens (primary N) is 1. The first-order chi connectivity index (χ1) is 5.65. The Morgan fingerprint density at radius 2 is 2.17 bits per heavy atom. The molecule has 0 unspecified atom stereocenters. The summed E-state index contributed by atoms with van der Waals surface area (Å²) in [5.74, 6) is 2.55. The van der Waals surface area contributed by atoms with E-state index < -0.39 is 0 Å². The van der Waals surface area contributed by atoms with Crippen LogP contribution in [0.3, 0.4) is 0 Å². The highest BCUT2D eigenvalue weighted by Gasteiger charge is 2.27. The van der Waals surface area contributed by atoms with Gasteiger partial charge in [-0.3, -0.25) is 0 Å². The minimum atomic E-state index is 0.782. The van der Waals surface area contributed by atoms with E-state index in [0.717, 1.165) is 17.8 Å². The van der Waals surface area contributed by atoms with Crippen LogP contribution in [0.1, 0.15) is 27.2 Å². The SMILES string of the molecule is C[NH2+]C[C@@H]1[C@H](C)CC(C)=C[C@@H]1C. The number of hydrogen-bond acceptors (Lipinski definition) is 0. The molecular formula is C11H22N+. The molecule has 0 aliphatic heterocycles. The van der Waals surface area contributed by atoms with Crippen molar-refractivity contribution in [2.24, 2.45) is 17.8 Å². The Morgan fingerprint density at radius 3 is 2.67 bits per heavy atom. The maximum atomic E-state index is 2.45. The summed E-state index contributed by atoms with van der Waals surface area (Å²) >= 11 is 0. The van der Waals surface area contributed by atoms with Crippen molar-refractivity contribution in [2.75, 3.05) is 13.6 Å². The highest BCUT2D eigenvalue weighted by Crippen LogP contribution is 2.32. The zero-order valence-electron chi connectivity index (χ0n) is 8.80. The van der Waals surface area contributed by atoms with Gasteiger partial charge in [0.2, 0.25) is 0 Å². The quantitative estimate of drug-likeness (QED) is 0.601. The lowest BCUT2D eigenvalue weighted by Gasteiger charge is -2.31. The van der Waals surface area contributed by atoms with E-state index >= 15 is 0 Å². The van der Waals surface area contributed by atoms with Crippen LogP contribution >= 0.6 is 0 Å². The number of allylic oxidation sites excluding steroid dienone is 2. The second-order valence-electron chi connectivity index (χ2n) is 4.36. The van der Waals surface area contributed by atoms with E-state index in [1.807, 2.05) is 0 Å². The molecule has 1 aliphatic rings. The first-order valence-corrected chi connectivity index (χ1v) is 5.10. The average molecular weight is 168 g/mol. The smallest absolute Gasteiger partial charge is 0.0790 e. The second kappa shape index (κ2) is 4.08. The maximum absolute atomic E-state index is 2.45. The Balaban J connectivity index is 2.62. The van der Waals surface area contributed by atoms with Gasteiger partial charge in [-0.25, -0.2) is 0 Å². The minimum Gasteiger partial charge on any atom is -0.348 e. The van der Waals surface area contributed by atoms with Gasteiger partial charge in [0.15, 0.2) is 0 Å². The van der Waals surface area contributed by atoms with E-state index in [4.69, 9.17) is 0 Å². The summed E-state index contributed by atoms with van der Waals surface area (Å²) in [6.45, 7) is 8.29. The Bertz CT molecular complexity index is 172. The molecule has 0 aromatic carbocycles. The largest absolute Gasteiger partial charge is 0.348 e. The molecule has 0 saturated heterocycles. The molecular weight excluding hydrogens is 146 g/mol. The Hall–Kier alpha value is -0.300. The third-order valence-electron chi connectivity index (χ3n) is 3.11. The number of hydrogen-bond donors (Lipinski definition) is 1. The van der Waals surface area contributed by atoms with E-state index in [9.17, 15) is 0 Å². The Kier molecular flexibility index (Phi) is 3.33. The summed E-state index contributed by atoms with van der Waals surface area (Å²) in [4.78, 5) is 0. The lowest BCUT2D eigenvalue weighted by molar-refractivity contribution is -0.635. The molecule has 1 rings (SSSR count). The molecule has 0 fully saturated rings. The van der Waals surface area contributed by atoms with E-state index in [2.05, 4.69) is 39.2 Å². The van der Waals surface area contributed by atoms with Crippen molar-refractivity contribution in [3.05, 3.63) is 11.6 Å². The molecule has 0 amide bonds. The topological polar surface area (TPSA) is 16.6 Å². The molecule has 0 bridgehead atoms. The molecule has 1 heteroatoms. The van der Waals surface area contributed by atoms with Gasteiger partial charge in [-0.2, -0.15) is 0 Å². The monoisotopic (exact) mass is 168 g/mol.